The van der Waals surface area contributed by atoms with E-state index in [4.69, 9.17) is 20.1 Å². The van der Waals surface area contributed by atoms with E-state index in [9.17, 15) is 5.11 Å². The topological polar surface area (TPSA) is 86.0 Å². The summed E-state index contributed by atoms with van der Waals surface area (Å²) in [4.78, 5) is 0. The van der Waals surface area contributed by atoms with Gasteiger partial charge in [0.2, 0.25) is 5.75 Å². The zero-order valence-electron chi connectivity index (χ0n) is 10.2. The maximum atomic E-state index is 9.83. The summed E-state index contributed by atoms with van der Waals surface area (Å²) in [6, 6.07) is 3.37. The van der Waals surface area contributed by atoms with Crippen molar-refractivity contribution < 1.29 is 19.3 Å². The van der Waals surface area contributed by atoms with E-state index in [0.717, 1.165) is 0 Å². The highest BCUT2D eigenvalue weighted by atomic mass is 16.5. The molecule has 0 aliphatic heterocycles. The van der Waals surface area contributed by atoms with Gasteiger partial charge in [0.15, 0.2) is 11.5 Å². The van der Waals surface area contributed by atoms with E-state index < -0.39 is 6.10 Å². The molecule has 1 aromatic carbocycles. The van der Waals surface area contributed by atoms with E-state index in [1.54, 1.807) is 12.1 Å². The van der Waals surface area contributed by atoms with Crippen molar-refractivity contribution in [2.45, 2.75) is 6.10 Å². The van der Waals surface area contributed by atoms with Crippen molar-refractivity contribution in [1.82, 2.24) is 5.43 Å². The molecule has 0 aromatic heterocycles. The molecule has 1 aromatic rings. The average molecular weight is 242 g/mol. The lowest BCUT2D eigenvalue weighted by atomic mass is 10.1. The molecule has 6 heteroatoms. The SMILES string of the molecule is COc1cc(C(O)CNN)cc(OC)c1OC. The molecule has 96 valence electrons. The summed E-state index contributed by atoms with van der Waals surface area (Å²) in [5.74, 6) is 6.66. The van der Waals surface area contributed by atoms with Crippen molar-refractivity contribution >= 4 is 0 Å². The standard InChI is InChI=1S/C11H18N2O4/c1-15-9-4-7(8(14)6-13-12)5-10(16-2)11(9)17-3/h4-5,8,13-14H,6,12H2,1-3H3. The second kappa shape index (κ2) is 6.29. The smallest absolute Gasteiger partial charge is 0.203 e. The number of aliphatic hydroxyl groups is 1. The molecule has 0 bridgehead atoms. The number of benzene rings is 1. The number of aliphatic hydroxyl groups excluding tert-OH is 1. The van der Waals surface area contributed by atoms with Crippen molar-refractivity contribution in [2.24, 2.45) is 5.84 Å². The van der Waals surface area contributed by atoms with Crippen LogP contribution < -0.4 is 25.5 Å². The molecule has 1 unspecified atom stereocenters. The number of rotatable bonds is 6. The first kappa shape index (κ1) is 13.6. The molecule has 1 rings (SSSR count). The molecule has 4 N–H and O–H groups in total. The van der Waals surface area contributed by atoms with Crippen molar-refractivity contribution in [1.29, 1.82) is 0 Å². The van der Waals surface area contributed by atoms with Crippen molar-refractivity contribution in [2.75, 3.05) is 27.9 Å². The minimum Gasteiger partial charge on any atom is -0.493 e. The van der Waals surface area contributed by atoms with Gasteiger partial charge in [-0.2, -0.15) is 0 Å². The minimum absolute atomic E-state index is 0.235. The van der Waals surface area contributed by atoms with Crippen LogP contribution in [-0.2, 0) is 0 Å². The highest BCUT2D eigenvalue weighted by Crippen LogP contribution is 2.39. The number of methoxy groups -OCH3 is 3. The largest absolute Gasteiger partial charge is 0.493 e. The highest BCUT2D eigenvalue weighted by Gasteiger charge is 2.16. The number of hydrogen-bond acceptors (Lipinski definition) is 6. The van der Waals surface area contributed by atoms with Crippen LogP contribution in [0.15, 0.2) is 12.1 Å². The molecule has 0 aliphatic rings. The third kappa shape index (κ3) is 3.00. The Morgan fingerprint density at radius 3 is 2.06 bits per heavy atom. The Morgan fingerprint density at radius 2 is 1.71 bits per heavy atom. The van der Waals surface area contributed by atoms with Crippen LogP contribution in [0.5, 0.6) is 17.2 Å². The Kier molecular flexibility index (Phi) is 5.02. The lowest BCUT2D eigenvalue weighted by Crippen LogP contribution is -2.27. The predicted molar refractivity (Wildman–Crippen MR) is 63.2 cm³/mol. The summed E-state index contributed by atoms with van der Waals surface area (Å²) < 4.78 is 15.5. The van der Waals surface area contributed by atoms with Crippen LogP contribution in [-0.4, -0.2) is 33.0 Å². The predicted octanol–water partition coefficient (Wildman–Crippen LogP) is 0.209. The zero-order valence-corrected chi connectivity index (χ0v) is 10.2. The number of hydrogen-bond donors (Lipinski definition) is 3. The molecule has 17 heavy (non-hydrogen) atoms. The first-order valence-corrected chi connectivity index (χ1v) is 5.09. The molecule has 0 radical (unpaired) electrons. The van der Waals surface area contributed by atoms with E-state index in [2.05, 4.69) is 5.43 Å². The van der Waals surface area contributed by atoms with Crippen molar-refractivity contribution in [3.63, 3.8) is 0 Å². The van der Waals surface area contributed by atoms with Crippen LogP contribution in [0, 0.1) is 0 Å². The lowest BCUT2D eigenvalue weighted by molar-refractivity contribution is 0.174. The number of nitrogens with two attached hydrogens (primary N) is 1. The Balaban J connectivity index is 3.17. The number of nitrogens with one attached hydrogen (secondary N) is 1. The molecule has 0 saturated carbocycles. The van der Waals surface area contributed by atoms with E-state index in [-0.39, 0.29) is 6.54 Å². The van der Waals surface area contributed by atoms with Crippen LogP contribution in [0.25, 0.3) is 0 Å². The molecule has 0 amide bonds. The van der Waals surface area contributed by atoms with Crippen LogP contribution in [0.3, 0.4) is 0 Å². The fraction of sp³-hybridized carbons (Fsp3) is 0.455. The maximum absolute atomic E-state index is 9.83. The molecular weight excluding hydrogens is 224 g/mol. The number of ether oxygens (including phenoxy) is 3. The maximum Gasteiger partial charge on any atom is 0.203 e. The van der Waals surface area contributed by atoms with Crippen molar-refractivity contribution in [3.8, 4) is 17.2 Å². The highest BCUT2D eigenvalue weighted by molar-refractivity contribution is 5.54. The molecule has 0 spiro atoms. The van der Waals surface area contributed by atoms with Gasteiger partial charge in [-0.15, -0.1) is 0 Å². The molecule has 0 heterocycles. The van der Waals surface area contributed by atoms with Crippen molar-refractivity contribution in [3.05, 3.63) is 17.7 Å². The van der Waals surface area contributed by atoms with E-state index >= 15 is 0 Å². The molecule has 0 fully saturated rings. The van der Waals surface area contributed by atoms with Crippen LogP contribution in [0.2, 0.25) is 0 Å². The fourth-order valence-corrected chi connectivity index (χ4v) is 1.52. The summed E-state index contributed by atoms with van der Waals surface area (Å²) in [5.41, 5.74) is 3.04. The summed E-state index contributed by atoms with van der Waals surface area (Å²) in [5, 5.41) is 9.83. The van der Waals surface area contributed by atoms with Gasteiger partial charge < -0.3 is 19.3 Å². The van der Waals surface area contributed by atoms with E-state index in [1.165, 1.54) is 21.3 Å². The van der Waals surface area contributed by atoms with Gasteiger partial charge in [0.1, 0.15) is 0 Å². The first-order valence-electron chi connectivity index (χ1n) is 5.09. The van der Waals surface area contributed by atoms with E-state index in [1.807, 2.05) is 0 Å². The van der Waals surface area contributed by atoms with Crippen LogP contribution in [0.4, 0.5) is 0 Å². The minimum atomic E-state index is -0.742. The second-order valence-electron chi connectivity index (χ2n) is 3.38. The Labute approximate surface area is 100 Å². The van der Waals surface area contributed by atoms with Gasteiger partial charge in [0, 0.05) is 6.54 Å². The fourth-order valence-electron chi connectivity index (χ4n) is 1.52. The summed E-state index contributed by atoms with van der Waals surface area (Å²) in [6.07, 6.45) is -0.742. The molecular formula is C11H18N2O4. The zero-order chi connectivity index (χ0) is 12.8. The molecule has 0 aliphatic carbocycles. The Bertz CT molecular complexity index is 345. The second-order valence-corrected chi connectivity index (χ2v) is 3.38. The van der Waals surface area contributed by atoms with Crippen LogP contribution >= 0.6 is 0 Å². The molecule has 0 saturated heterocycles. The molecule has 1 atom stereocenters. The van der Waals surface area contributed by atoms with Gasteiger partial charge in [0.25, 0.3) is 0 Å². The van der Waals surface area contributed by atoms with Gasteiger partial charge in [-0.05, 0) is 17.7 Å². The van der Waals surface area contributed by atoms with Gasteiger partial charge in [-0.25, -0.2) is 0 Å². The quantitative estimate of drug-likeness (QED) is 0.488. The third-order valence-electron chi connectivity index (χ3n) is 2.38. The lowest BCUT2D eigenvalue weighted by Gasteiger charge is -2.16. The van der Waals surface area contributed by atoms with Gasteiger partial charge in [0.05, 0.1) is 27.4 Å². The normalized spacial score (nSPS) is 12.1. The van der Waals surface area contributed by atoms with E-state index in [0.29, 0.717) is 22.8 Å². The Morgan fingerprint density at radius 1 is 1.18 bits per heavy atom. The summed E-state index contributed by atoms with van der Waals surface area (Å²) in [6.45, 7) is 0.235. The third-order valence-corrected chi connectivity index (χ3v) is 2.38. The summed E-state index contributed by atoms with van der Waals surface area (Å²) in [7, 11) is 4.57. The summed E-state index contributed by atoms with van der Waals surface area (Å²) >= 11 is 0. The van der Waals surface area contributed by atoms with Crippen LogP contribution in [0.1, 0.15) is 11.7 Å². The average Bonchev–Trinajstić information content (AvgIpc) is 2.37. The molecule has 6 nitrogen and oxygen atoms in total. The number of hydrazine groups is 1. The van der Waals surface area contributed by atoms with Gasteiger partial charge in [-0.1, -0.05) is 0 Å². The van der Waals surface area contributed by atoms with Gasteiger partial charge in [-0.3, -0.25) is 11.3 Å². The first-order chi connectivity index (χ1) is 8.17. The Hall–Kier alpha value is -1.50. The van der Waals surface area contributed by atoms with Gasteiger partial charge >= 0.3 is 0 Å². The monoisotopic (exact) mass is 242 g/mol.